The van der Waals surface area contributed by atoms with Gasteiger partial charge in [-0.15, -0.1) is 0 Å². The number of aromatic nitrogens is 3. The van der Waals surface area contributed by atoms with Crippen molar-refractivity contribution in [2.24, 2.45) is 0 Å². The Morgan fingerprint density at radius 3 is 2.76 bits per heavy atom. The van der Waals surface area contributed by atoms with E-state index in [1.165, 1.54) is 17.4 Å². The Bertz CT molecular complexity index is 1330. The van der Waals surface area contributed by atoms with E-state index in [-0.39, 0.29) is 18.0 Å². The molecule has 5 nitrogen and oxygen atoms in total. The first-order chi connectivity index (χ1) is 14.2. The monoisotopic (exact) mass is 402 g/mol. The number of benzene rings is 2. The van der Waals surface area contributed by atoms with Crippen LogP contribution >= 0.6 is 11.3 Å². The van der Waals surface area contributed by atoms with Crippen LogP contribution in [0.5, 0.6) is 0 Å². The third kappa shape index (κ3) is 3.15. The van der Waals surface area contributed by atoms with Crippen molar-refractivity contribution in [2.45, 2.75) is 6.54 Å². The van der Waals surface area contributed by atoms with Gasteiger partial charge in [-0.2, -0.15) is 0 Å². The summed E-state index contributed by atoms with van der Waals surface area (Å²) in [7, 11) is 0. The summed E-state index contributed by atoms with van der Waals surface area (Å²) in [4.78, 5) is 27.0. The molecule has 0 atom stereocenters. The lowest BCUT2D eigenvalue weighted by molar-refractivity contribution is 0.0986. The predicted molar refractivity (Wildman–Crippen MR) is 113 cm³/mol. The minimum Gasteiger partial charge on any atom is -0.360 e. The fraction of sp³-hybridized carbons (Fsp3) is 0.0455. The van der Waals surface area contributed by atoms with Gasteiger partial charge >= 0.3 is 0 Å². The van der Waals surface area contributed by atoms with Gasteiger partial charge in [-0.05, 0) is 30.3 Å². The quantitative estimate of drug-likeness (QED) is 0.452. The molecule has 1 N–H and O–H groups in total. The lowest BCUT2D eigenvalue weighted by atomic mass is 10.1. The third-order valence-electron chi connectivity index (χ3n) is 4.70. The number of aromatic amines is 1. The van der Waals surface area contributed by atoms with Gasteiger partial charge in [0.25, 0.3) is 5.91 Å². The van der Waals surface area contributed by atoms with Crippen molar-refractivity contribution >= 4 is 43.5 Å². The second-order valence-electron chi connectivity index (χ2n) is 6.54. The molecule has 1 amide bonds. The smallest absolute Gasteiger partial charge is 0.262 e. The molecule has 29 heavy (non-hydrogen) atoms. The number of carbonyl (C=O) groups is 1. The molecule has 5 rings (SSSR count). The number of rotatable bonds is 4. The molecule has 142 valence electrons. The Balaban J connectivity index is 1.63. The average Bonchev–Trinajstić information content (AvgIpc) is 3.37. The molecule has 0 aliphatic carbocycles. The second kappa shape index (κ2) is 7.10. The van der Waals surface area contributed by atoms with Gasteiger partial charge in [0.05, 0.1) is 22.5 Å². The number of nitrogens with one attached hydrogen (secondary N) is 1. The number of carbonyl (C=O) groups excluding carboxylic acids is 1. The van der Waals surface area contributed by atoms with E-state index in [9.17, 15) is 9.18 Å². The minimum atomic E-state index is -0.401. The average molecular weight is 402 g/mol. The van der Waals surface area contributed by atoms with E-state index in [4.69, 9.17) is 0 Å². The fourth-order valence-corrected chi connectivity index (χ4v) is 4.27. The van der Waals surface area contributed by atoms with Crippen LogP contribution in [-0.2, 0) is 6.54 Å². The van der Waals surface area contributed by atoms with E-state index >= 15 is 0 Å². The maximum absolute atomic E-state index is 14.2. The highest BCUT2D eigenvalue weighted by molar-refractivity contribution is 7.22. The van der Waals surface area contributed by atoms with E-state index in [2.05, 4.69) is 15.0 Å². The van der Waals surface area contributed by atoms with Gasteiger partial charge in [0.1, 0.15) is 11.3 Å². The molecule has 3 heterocycles. The van der Waals surface area contributed by atoms with Crippen molar-refractivity contribution in [3.05, 3.63) is 90.1 Å². The first-order valence-electron chi connectivity index (χ1n) is 9.03. The van der Waals surface area contributed by atoms with Crippen LogP contribution in [0.1, 0.15) is 16.1 Å². The zero-order chi connectivity index (χ0) is 19.8. The van der Waals surface area contributed by atoms with Crippen LogP contribution in [0.3, 0.4) is 0 Å². The van der Waals surface area contributed by atoms with Crippen molar-refractivity contribution in [2.75, 3.05) is 4.90 Å². The molecule has 7 heteroatoms. The molecule has 0 fully saturated rings. The van der Waals surface area contributed by atoms with Crippen LogP contribution in [0, 0.1) is 5.82 Å². The summed E-state index contributed by atoms with van der Waals surface area (Å²) in [6.07, 6.45) is 3.38. The minimum absolute atomic E-state index is 0.215. The van der Waals surface area contributed by atoms with Gasteiger partial charge < -0.3 is 4.98 Å². The fourth-order valence-electron chi connectivity index (χ4n) is 3.29. The van der Waals surface area contributed by atoms with Crippen LogP contribution < -0.4 is 4.90 Å². The van der Waals surface area contributed by atoms with Crippen LogP contribution in [0.25, 0.3) is 21.1 Å². The number of H-pyrrole nitrogens is 1. The third-order valence-corrected chi connectivity index (χ3v) is 5.74. The molecular weight excluding hydrogens is 387 g/mol. The van der Waals surface area contributed by atoms with Gasteiger partial charge in [0, 0.05) is 23.3 Å². The summed E-state index contributed by atoms with van der Waals surface area (Å²) < 4.78 is 14.9. The standard InChI is InChI=1S/C22H15FN4OS/c23-17-8-5-10-19-20(17)26-22(29-19)27(13-14-6-3-4-11-24-14)21(28)16-12-25-18-9-2-1-7-15(16)18/h1-12,25H,13H2. The molecule has 0 aliphatic heterocycles. The molecule has 2 aromatic carbocycles. The van der Waals surface area contributed by atoms with E-state index in [1.54, 1.807) is 29.4 Å². The normalized spacial score (nSPS) is 11.2. The summed E-state index contributed by atoms with van der Waals surface area (Å²) in [5.74, 6) is -0.616. The molecule has 0 aliphatic rings. The Morgan fingerprint density at radius 1 is 1.07 bits per heavy atom. The van der Waals surface area contributed by atoms with Crippen LogP contribution in [0.4, 0.5) is 9.52 Å². The highest BCUT2D eigenvalue weighted by atomic mass is 32.1. The van der Waals surface area contributed by atoms with Crippen molar-refractivity contribution in [3.8, 4) is 0 Å². The van der Waals surface area contributed by atoms with Gasteiger partial charge in [0.15, 0.2) is 5.13 Å². The summed E-state index contributed by atoms with van der Waals surface area (Å²) >= 11 is 1.29. The number of nitrogens with zero attached hydrogens (tertiary/aromatic N) is 3. The van der Waals surface area contributed by atoms with E-state index in [0.717, 1.165) is 16.6 Å². The van der Waals surface area contributed by atoms with Gasteiger partial charge in [-0.3, -0.25) is 14.7 Å². The lowest BCUT2D eigenvalue weighted by Gasteiger charge is -2.19. The SMILES string of the molecule is O=C(c1c[nH]c2ccccc12)N(Cc1ccccn1)c1nc2c(F)cccc2s1. The molecule has 0 saturated heterocycles. The van der Waals surface area contributed by atoms with Gasteiger partial charge in [-0.1, -0.05) is 41.7 Å². The Hall–Kier alpha value is -3.58. The van der Waals surface area contributed by atoms with Gasteiger partial charge in [-0.25, -0.2) is 9.37 Å². The van der Waals surface area contributed by atoms with E-state index in [0.29, 0.717) is 15.4 Å². The number of para-hydroxylation sites is 2. The first-order valence-corrected chi connectivity index (χ1v) is 9.85. The van der Waals surface area contributed by atoms with Crippen LogP contribution in [-0.4, -0.2) is 20.9 Å². The van der Waals surface area contributed by atoms with Crippen LogP contribution in [0.15, 0.2) is 73.1 Å². The molecule has 0 spiro atoms. The molecule has 5 aromatic rings. The Labute approximate surface area is 169 Å². The maximum Gasteiger partial charge on any atom is 0.262 e. The lowest BCUT2D eigenvalue weighted by Crippen LogP contribution is -2.30. The summed E-state index contributed by atoms with van der Waals surface area (Å²) in [6, 6.07) is 18.0. The number of halogens is 1. The van der Waals surface area contributed by atoms with E-state index < -0.39 is 5.82 Å². The highest BCUT2D eigenvalue weighted by Gasteiger charge is 2.25. The van der Waals surface area contributed by atoms with Crippen molar-refractivity contribution in [1.29, 1.82) is 0 Å². The summed E-state index contributed by atoms with van der Waals surface area (Å²) in [5.41, 5.74) is 2.41. The van der Waals surface area contributed by atoms with E-state index in [1.807, 2.05) is 42.5 Å². The van der Waals surface area contributed by atoms with Crippen LogP contribution in [0.2, 0.25) is 0 Å². The largest absolute Gasteiger partial charge is 0.360 e. The molecule has 0 radical (unpaired) electrons. The topological polar surface area (TPSA) is 61.9 Å². The number of amides is 1. The summed E-state index contributed by atoms with van der Waals surface area (Å²) in [6.45, 7) is 0.237. The number of hydrogen-bond acceptors (Lipinski definition) is 4. The maximum atomic E-state index is 14.2. The Kier molecular flexibility index (Phi) is 4.29. The first kappa shape index (κ1) is 17.5. The zero-order valence-electron chi connectivity index (χ0n) is 15.2. The predicted octanol–water partition coefficient (Wildman–Crippen LogP) is 5.16. The number of fused-ring (bicyclic) bond motifs is 2. The second-order valence-corrected chi connectivity index (χ2v) is 7.55. The molecule has 0 saturated carbocycles. The van der Waals surface area contributed by atoms with Crippen molar-refractivity contribution < 1.29 is 9.18 Å². The molecule has 0 bridgehead atoms. The van der Waals surface area contributed by atoms with Crippen molar-refractivity contribution in [1.82, 2.24) is 15.0 Å². The highest BCUT2D eigenvalue weighted by Crippen LogP contribution is 2.32. The number of thiazole rings is 1. The zero-order valence-corrected chi connectivity index (χ0v) is 16.0. The number of hydrogen-bond donors (Lipinski definition) is 1. The number of anilines is 1. The Morgan fingerprint density at radius 2 is 1.93 bits per heavy atom. The number of pyridine rings is 1. The van der Waals surface area contributed by atoms with Gasteiger partial charge in [0.2, 0.25) is 0 Å². The molecular formula is C22H15FN4OS. The van der Waals surface area contributed by atoms with Crippen molar-refractivity contribution in [3.63, 3.8) is 0 Å². The molecule has 3 aromatic heterocycles. The summed E-state index contributed by atoms with van der Waals surface area (Å²) in [5, 5.41) is 1.27. The molecule has 0 unspecified atom stereocenters.